The molecule has 1 N–H and O–H groups in total. The number of morpholine rings is 1. The number of aliphatic hydroxyl groups is 1. The van der Waals surface area contributed by atoms with E-state index in [0.717, 1.165) is 25.2 Å². The van der Waals surface area contributed by atoms with Crippen LogP contribution in [0.25, 0.3) is 0 Å². The molecule has 0 aliphatic carbocycles. The third kappa shape index (κ3) is 3.58. The zero-order valence-electron chi connectivity index (χ0n) is 8.74. The van der Waals surface area contributed by atoms with E-state index in [4.69, 9.17) is 21.4 Å². The van der Waals surface area contributed by atoms with Gasteiger partial charge >= 0.3 is 0 Å². The Morgan fingerprint density at radius 1 is 1.64 bits per heavy atom. The average molecular weight is 220 g/mol. The van der Waals surface area contributed by atoms with Crippen LogP contribution in [0.15, 0.2) is 11.1 Å². The normalized spacial score (nSPS) is 30.7. The molecule has 1 heterocycles. The van der Waals surface area contributed by atoms with Crippen LogP contribution < -0.4 is 0 Å². The van der Waals surface area contributed by atoms with Gasteiger partial charge in [-0.15, -0.1) is 0 Å². The highest BCUT2D eigenvalue weighted by Gasteiger charge is 2.24. The van der Waals surface area contributed by atoms with Gasteiger partial charge in [0.15, 0.2) is 0 Å². The lowest BCUT2D eigenvalue weighted by molar-refractivity contribution is -0.0929. The molecule has 0 aromatic heterocycles. The molecule has 1 aliphatic heterocycles. The molecule has 0 radical (unpaired) electrons. The third-order valence-corrected chi connectivity index (χ3v) is 2.64. The van der Waals surface area contributed by atoms with E-state index in [2.05, 4.69) is 4.90 Å². The minimum Gasteiger partial charge on any atom is -0.394 e. The highest BCUT2D eigenvalue weighted by atomic mass is 35.5. The van der Waals surface area contributed by atoms with Gasteiger partial charge < -0.3 is 9.84 Å². The van der Waals surface area contributed by atoms with Crippen LogP contribution in [0.3, 0.4) is 0 Å². The monoisotopic (exact) mass is 219 g/mol. The van der Waals surface area contributed by atoms with Crippen molar-refractivity contribution in [3.63, 3.8) is 0 Å². The van der Waals surface area contributed by atoms with Crippen molar-refractivity contribution >= 4 is 11.6 Å². The minimum atomic E-state index is -0.0538. The Balaban J connectivity index is 2.45. The lowest BCUT2D eigenvalue weighted by Gasteiger charge is -2.36. The Kier molecular flexibility index (Phi) is 4.89. The lowest BCUT2D eigenvalue weighted by atomic mass is 10.2. The van der Waals surface area contributed by atoms with Gasteiger partial charge in [0.25, 0.3) is 0 Å². The Labute approximate surface area is 90.3 Å². The smallest absolute Gasteiger partial charge is 0.0936 e. The number of nitrogens with zero attached hydrogens (tertiary/aromatic N) is 1. The number of halogens is 1. The van der Waals surface area contributed by atoms with Crippen molar-refractivity contribution in [1.29, 1.82) is 0 Å². The minimum absolute atomic E-state index is 0.0538. The van der Waals surface area contributed by atoms with E-state index in [-0.39, 0.29) is 18.8 Å². The van der Waals surface area contributed by atoms with Crippen LogP contribution in [0.4, 0.5) is 0 Å². The standard InChI is InChI=1S/C10H18ClNO2/c1-8(3-11)4-12-5-9(2)14-10(6-12)7-13/h3,9-10,13H,4-7H2,1-2H3. The van der Waals surface area contributed by atoms with Crippen molar-refractivity contribution in [2.75, 3.05) is 26.2 Å². The first-order valence-electron chi connectivity index (χ1n) is 4.90. The van der Waals surface area contributed by atoms with E-state index in [1.165, 1.54) is 0 Å². The van der Waals surface area contributed by atoms with E-state index < -0.39 is 0 Å². The van der Waals surface area contributed by atoms with Gasteiger partial charge in [0.1, 0.15) is 0 Å². The van der Waals surface area contributed by atoms with Gasteiger partial charge in [0.05, 0.1) is 18.8 Å². The summed E-state index contributed by atoms with van der Waals surface area (Å²) >= 11 is 5.61. The summed E-state index contributed by atoms with van der Waals surface area (Å²) < 4.78 is 5.54. The second-order valence-electron chi connectivity index (χ2n) is 3.90. The van der Waals surface area contributed by atoms with Crippen molar-refractivity contribution in [2.24, 2.45) is 0 Å². The summed E-state index contributed by atoms with van der Waals surface area (Å²) in [6.45, 7) is 6.65. The van der Waals surface area contributed by atoms with Gasteiger partial charge in [-0.05, 0) is 19.4 Å². The fourth-order valence-electron chi connectivity index (χ4n) is 1.76. The van der Waals surface area contributed by atoms with Crippen LogP contribution in [0.2, 0.25) is 0 Å². The van der Waals surface area contributed by atoms with E-state index >= 15 is 0 Å². The van der Waals surface area contributed by atoms with Crippen molar-refractivity contribution in [1.82, 2.24) is 4.90 Å². The van der Waals surface area contributed by atoms with E-state index in [1.54, 1.807) is 5.54 Å². The van der Waals surface area contributed by atoms with E-state index in [9.17, 15) is 0 Å². The maximum atomic E-state index is 9.03. The first kappa shape index (κ1) is 12.0. The predicted octanol–water partition coefficient (Wildman–Crippen LogP) is 1.21. The van der Waals surface area contributed by atoms with E-state index in [1.807, 2.05) is 13.8 Å². The fraction of sp³-hybridized carbons (Fsp3) is 0.800. The Bertz CT molecular complexity index is 208. The van der Waals surface area contributed by atoms with Gasteiger partial charge in [-0.25, -0.2) is 0 Å². The zero-order valence-corrected chi connectivity index (χ0v) is 9.50. The summed E-state index contributed by atoms with van der Waals surface area (Å²) in [7, 11) is 0. The third-order valence-electron chi connectivity index (χ3n) is 2.26. The van der Waals surface area contributed by atoms with Gasteiger partial charge in [0.2, 0.25) is 0 Å². The summed E-state index contributed by atoms with van der Waals surface area (Å²) in [6.07, 6.45) is 0.130. The number of aliphatic hydroxyl groups excluding tert-OH is 1. The predicted molar refractivity (Wildman–Crippen MR) is 57.5 cm³/mol. The number of ether oxygens (including phenoxy) is 1. The zero-order chi connectivity index (χ0) is 10.6. The maximum absolute atomic E-state index is 9.03. The van der Waals surface area contributed by atoms with Gasteiger partial charge in [0, 0.05) is 25.2 Å². The fourth-order valence-corrected chi connectivity index (χ4v) is 1.83. The van der Waals surface area contributed by atoms with Gasteiger partial charge in [-0.2, -0.15) is 0 Å². The first-order chi connectivity index (χ1) is 6.65. The molecule has 1 fully saturated rings. The van der Waals surface area contributed by atoms with Crippen LogP contribution in [0.5, 0.6) is 0 Å². The first-order valence-corrected chi connectivity index (χ1v) is 5.34. The second-order valence-corrected chi connectivity index (χ2v) is 4.12. The van der Waals surface area contributed by atoms with Crippen LogP contribution in [-0.4, -0.2) is 48.5 Å². The Morgan fingerprint density at radius 2 is 2.36 bits per heavy atom. The highest BCUT2D eigenvalue weighted by Crippen LogP contribution is 2.12. The summed E-state index contributed by atoms with van der Waals surface area (Å²) in [6, 6.07) is 0. The van der Waals surface area contributed by atoms with E-state index in [0.29, 0.717) is 0 Å². The molecule has 82 valence electrons. The molecule has 0 amide bonds. The Hall–Kier alpha value is -0.0900. The number of rotatable bonds is 3. The van der Waals surface area contributed by atoms with Gasteiger partial charge in [-0.3, -0.25) is 4.90 Å². The summed E-state index contributed by atoms with van der Waals surface area (Å²) in [5, 5.41) is 9.03. The highest BCUT2D eigenvalue weighted by molar-refractivity contribution is 6.25. The number of hydrogen-bond acceptors (Lipinski definition) is 3. The molecule has 14 heavy (non-hydrogen) atoms. The molecule has 0 saturated carbocycles. The molecule has 0 aromatic carbocycles. The molecule has 1 saturated heterocycles. The summed E-state index contributed by atoms with van der Waals surface area (Å²) in [4.78, 5) is 2.25. The molecular weight excluding hydrogens is 202 g/mol. The molecule has 0 aromatic rings. The molecule has 0 spiro atoms. The van der Waals surface area contributed by atoms with Crippen molar-refractivity contribution in [3.05, 3.63) is 11.1 Å². The van der Waals surface area contributed by atoms with Crippen LogP contribution >= 0.6 is 11.6 Å². The SMILES string of the molecule is CC(=CCl)CN1CC(C)OC(CO)C1. The number of hydrogen-bond donors (Lipinski definition) is 1. The molecule has 1 rings (SSSR count). The average Bonchev–Trinajstić information content (AvgIpc) is 2.16. The molecule has 1 aliphatic rings. The van der Waals surface area contributed by atoms with Crippen LogP contribution in [-0.2, 0) is 4.74 Å². The maximum Gasteiger partial charge on any atom is 0.0936 e. The molecular formula is C10H18ClNO2. The lowest BCUT2D eigenvalue weighted by Crippen LogP contribution is -2.48. The second kappa shape index (κ2) is 5.71. The van der Waals surface area contributed by atoms with Gasteiger partial charge in [-0.1, -0.05) is 11.6 Å². The molecule has 2 unspecified atom stereocenters. The summed E-state index contributed by atoms with van der Waals surface area (Å²) in [5.74, 6) is 0. The van der Waals surface area contributed by atoms with Crippen molar-refractivity contribution < 1.29 is 9.84 Å². The van der Waals surface area contributed by atoms with Crippen molar-refractivity contribution in [2.45, 2.75) is 26.1 Å². The quantitative estimate of drug-likeness (QED) is 0.775. The topological polar surface area (TPSA) is 32.7 Å². The van der Waals surface area contributed by atoms with Crippen LogP contribution in [0.1, 0.15) is 13.8 Å². The van der Waals surface area contributed by atoms with Crippen LogP contribution in [0, 0.1) is 0 Å². The molecule has 2 atom stereocenters. The molecule has 3 nitrogen and oxygen atoms in total. The largest absolute Gasteiger partial charge is 0.394 e. The molecule has 0 bridgehead atoms. The molecule has 4 heteroatoms. The summed E-state index contributed by atoms with van der Waals surface area (Å²) in [5.41, 5.74) is 2.74. The Morgan fingerprint density at radius 3 is 2.93 bits per heavy atom. The van der Waals surface area contributed by atoms with Crippen molar-refractivity contribution in [3.8, 4) is 0 Å².